The minimum absolute atomic E-state index is 0.968. The van der Waals surface area contributed by atoms with Gasteiger partial charge in [-0.25, -0.2) is 0 Å². The van der Waals surface area contributed by atoms with E-state index in [2.05, 4.69) is 65.4 Å². The molecule has 0 spiro atoms. The highest BCUT2D eigenvalue weighted by Crippen LogP contribution is 2.31. The van der Waals surface area contributed by atoms with E-state index in [4.69, 9.17) is 0 Å². The quantitative estimate of drug-likeness (QED) is 0.445. The van der Waals surface area contributed by atoms with Gasteiger partial charge in [0.05, 0.1) is 0 Å². The molecule has 2 heterocycles. The first-order chi connectivity index (χ1) is 13.2. The molecule has 0 bridgehead atoms. The molecule has 2 heteroatoms. The van der Waals surface area contributed by atoms with Gasteiger partial charge in [0.1, 0.15) is 0 Å². The SMILES string of the molecule is CC1CC(C)C1.CC1CCC(C)CC1.CC1CCN(C)CC1.CC1CN(C)C1. The zero-order chi connectivity index (χ0) is 21.1. The molecule has 2 saturated heterocycles. The Hall–Kier alpha value is -0.0800. The monoisotopic (exact) mass is 394 g/mol. The Labute approximate surface area is 178 Å². The van der Waals surface area contributed by atoms with Gasteiger partial charge in [0.15, 0.2) is 0 Å². The molecule has 4 rings (SSSR count). The largest absolute Gasteiger partial charge is 0.306 e. The highest BCUT2D eigenvalue weighted by molar-refractivity contribution is 4.71. The van der Waals surface area contributed by atoms with Crippen LogP contribution in [0.1, 0.15) is 92.9 Å². The Balaban J connectivity index is 0.000000188. The van der Waals surface area contributed by atoms with Crippen molar-refractivity contribution in [2.24, 2.45) is 35.5 Å². The van der Waals surface area contributed by atoms with Gasteiger partial charge in [-0.1, -0.05) is 67.2 Å². The van der Waals surface area contributed by atoms with Crippen molar-refractivity contribution in [3.8, 4) is 0 Å². The van der Waals surface area contributed by atoms with Crippen LogP contribution in [-0.2, 0) is 0 Å². The van der Waals surface area contributed by atoms with Gasteiger partial charge in [-0.05, 0) is 88.4 Å². The van der Waals surface area contributed by atoms with E-state index in [1.165, 1.54) is 77.5 Å². The summed E-state index contributed by atoms with van der Waals surface area (Å²) >= 11 is 0. The summed E-state index contributed by atoms with van der Waals surface area (Å²) in [4.78, 5) is 4.73. The van der Waals surface area contributed by atoms with E-state index < -0.39 is 0 Å². The van der Waals surface area contributed by atoms with E-state index in [0.29, 0.717) is 0 Å². The summed E-state index contributed by atoms with van der Waals surface area (Å²) in [6.45, 7) is 19.2. The number of nitrogens with zero attached hydrogens (tertiary/aromatic N) is 2. The first-order valence-corrected chi connectivity index (χ1v) is 12.5. The number of hydrogen-bond acceptors (Lipinski definition) is 2. The second-order valence-electron chi connectivity index (χ2n) is 11.4. The van der Waals surface area contributed by atoms with Crippen LogP contribution in [-0.4, -0.2) is 50.1 Å². The van der Waals surface area contributed by atoms with Crippen molar-refractivity contribution in [3.63, 3.8) is 0 Å². The van der Waals surface area contributed by atoms with Gasteiger partial charge in [0.25, 0.3) is 0 Å². The van der Waals surface area contributed by atoms with Crippen LogP contribution in [0, 0.1) is 35.5 Å². The Morgan fingerprint density at radius 1 is 0.429 bits per heavy atom. The third kappa shape index (κ3) is 12.5. The number of piperidine rings is 1. The molecule has 2 saturated carbocycles. The van der Waals surface area contributed by atoms with Crippen LogP contribution in [0.25, 0.3) is 0 Å². The Morgan fingerprint density at radius 3 is 0.964 bits per heavy atom. The normalized spacial score (nSPS) is 34.3. The van der Waals surface area contributed by atoms with E-state index >= 15 is 0 Å². The molecule has 4 aliphatic rings. The zero-order valence-electron chi connectivity index (χ0n) is 20.8. The summed E-state index contributed by atoms with van der Waals surface area (Å²) in [7, 11) is 4.35. The molecule has 2 aliphatic carbocycles. The first kappa shape index (κ1) is 26.0. The zero-order valence-corrected chi connectivity index (χ0v) is 20.8. The number of rotatable bonds is 0. The lowest BCUT2D eigenvalue weighted by Gasteiger charge is -2.33. The summed E-state index contributed by atoms with van der Waals surface area (Å²) in [5.41, 5.74) is 0. The molecule has 0 radical (unpaired) electrons. The fourth-order valence-electron chi connectivity index (χ4n) is 4.88. The minimum Gasteiger partial charge on any atom is -0.306 e. The fraction of sp³-hybridized carbons (Fsp3) is 1.00. The molecule has 2 aliphatic heterocycles. The van der Waals surface area contributed by atoms with Crippen molar-refractivity contribution in [1.82, 2.24) is 9.80 Å². The third-order valence-electron chi connectivity index (χ3n) is 7.17. The van der Waals surface area contributed by atoms with Crippen LogP contribution in [0.5, 0.6) is 0 Å². The van der Waals surface area contributed by atoms with Gasteiger partial charge in [-0.15, -0.1) is 0 Å². The fourth-order valence-corrected chi connectivity index (χ4v) is 4.88. The third-order valence-corrected chi connectivity index (χ3v) is 7.17. The van der Waals surface area contributed by atoms with Crippen LogP contribution in [0.2, 0.25) is 0 Å². The van der Waals surface area contributed by atoms with Crippen LogP contribution in [0.4, 0.5) is 0 Å². The second-order valence-corrected chi connectivity index (χ2v) is 11.4. The molecule has 28 heavy (non-hydrogen) atoms. The lowest BCUT2D eigenvalue weighted by molar-refractivity contribution is 0.149. The molecule has 0 unspecified atom stereocenters. The van der Waals surface area contributed by atoms with Crippen molar-refractivity contribution < 1.29 is 0 Å². The van der Waals surface area contributed by atoms with Crippen LogP contribution in [0.15, 0.2) is 0 Å². The molecule has 0 amide bonds. The van der Waals surface area contributed by atoms with Gasteiger partial charge in [-0.3, -0.25) is 0 Å². The highest BCUT2D eigenvalue weighted by atomic mass is 15.2. The summed E-state index contributed by atoms with van der Waals surface area (Å²) < 4.78 is 0. The highest BCUT2D eigenvalue weighted by Gasteiger charge is 2.19. The average molecular weight is 395 g/mol. The predicted molar refractivity (Wildman–Crippen MR) is 127 cm³/mol. The summed E-state index contributed by atoms with van der Waals surface area (Å²) in [6, 6.07) is 0. The average Bonchev–Trinajstić information content (AvgIpc) is 2.60. The maximum atomic E-state index is 2.40. The van der Waals surface area contributed by atoms with Gasteiger partial charge >= 0.3 is 0 Å². The van der Waals surface area contributed by atoms with Crippen molar-refractivity contribution in [1.29, 1.82) is 0 Å². The standard InChI is InChI=1S/C8H16.C7H15N.C6H12.C5H11N/c2*1-7-3-5-8(2)6-4-7;2*1-5-3-6(2)4-5/h7-8H,3-6H2,1-2H3;7H,3-6H2,1-2H3;5-6H,3-4H2,1-2H3;5H,3-4H2,1-2H3. The van der Waals surface area contributed by atoms with Crippen LogP contribution < -0.4 is 0 Å². The molecule has 0 atom stereocenters. The molecule has 0 aromatic heterocycles. The molecular formula is C26H54N2. The van der Waals surface area contributed by atoms with E-state index in [1.807, 2.05) is 0 Å². The lowest BCUT2D eigenvalue weighted by atomic mass is 9.78. The maximum absolute atomic E-state index is 2.40. The first-order valence-electron chi connectivity index (χ1n) is 12.5. The molecular weight excluding hydrogens is 340 g/mol. The second kappa shape index (κ2) is 14.0. The van der Waals surface area contributed by atoms with Crippen LogP contribution in [0.3, 0.4) is 0 Å². The number of likely N-dealkylation sites (tertiary alicyclic amines) is 2. The van der Waals surface area contributed by atoms with Crippen molar-refractivity contribution in [2.75, 3.05) is 40.3 Å². The molecule has 0 N–H and O–H groups in total. The Kier molecular flexibility index (Phi) is 13.0. The van der Waals surface area contributed by atoms with Crippen molar-refractivity contribution >= 4 is 0 Å². The van der Waals surface area contributed by atoms with Crippen molar-refractivity contribution in [2.45, 2.75) is 92.9 Å². The van der Waals surface area contributed by atoms with E-state index in [0.717, 1.165) is 35.5 Å². The van der Waals surface area contributed by atoms with Gasteiger partial charge in [0, 0.05) is 13.1 Å². The maximum Gasteiger partial charge on any atom is 0.00163 e. The summed E-state index contributed by atoms with van der Waals surface area (Å²) in [5.74, 6) is 6.07. The minimum atomic E-state index is 0.968. The summed E-state index contributed by atoms with van der Waals surface area (Å²) in [6.07, 6.45) is 11.6. The smallest absolute Gasteiger partial charge is 0.00163 e. The molecule has 2 nitrogen and oxygen atoms in total. The van der Waals surface area contributed by atoms with E-state index in [9.17, 15) is 0 Å². The molecule has 4 fully saturated rings. The number of hydrogen-bond donors (Lipinski definition) is 0. The topological polar surface area (TPSA) is 6.48 Å². The summed E-state index contributed by atoms with van der Waals surface area (Å²) in [5, 5.41) is 0. The Morgan fingerprint density at radius 2 is 0.786 bits per heavy atom. The molecule has 0 aromatic carbocycles. The molecule has 0 aromatic rings. The predicted octanol–water partition coefficient (Wildman–Crippen LogP) is 6.80. The van der Waals surface area contributed by atoms with E-state index in [-0.39, 0.29) is 0 Å². The lowest BCUT2D eigenvalue weighted by Crippen LogP contribution is -2.41. The van der Waals surface area contributed by atoms with Crippen LogP contribution >= 0.6 is 0 Å². The Bertz CT molecular complexity index is 287. The molecule has 168 valence electrons. The van der Waals surface area contributed by atoms with Crippen molar-refractivity contribution in [3.05, 3.63) is 0 Å². The van der Waals surface area contributed by atoms with Gasteiger partial charge in [0.2, 0.25) is 0 Å². The van der Waals surface area contributed by atoms with E-state index in [1.54, 1.807) is 0 Å². The van der Waals surface area contributed by atoms with Gasteiger partial charge in [-0.2, -0.15) is 0 Å². The van der Waals surface area contributed by atoms with Gasteiger partial charge < -0.3 is 9.80 Å².